The SMILES string of the molecule is Cc1cc(C)cc(C2(C(=O)O)CCC2C)c1. The number of rotatable bonds is 2. The highest BCUT2D eigenvalue weighted by atomic mass is 16.4. The monoisotopic (exact) mass is 218 g/mol. The molecule has 86 valence electrons. The summed E-state index contributed by atoms with van der Waals surface area (Å²) in [5.41, 5.74) is 2.65. The van der Waals surface area contributed by atoms with Crippen molar-refractivity contribution in [1.82, 2.24) is 0 Å². The van der Waals surface area contributed by atoms with Crippen molar-refractivity contribution in [2.75, 3.05) is 0 Å². The van der Waals surface area contributed by atoms with Gasteiger partial charge in [0.15, 0.2) is 0 Å². The summed E-state index contributed by atoms with van der Waals surface area (Å²) in [4.78, 5) is 11.5. The summed E-state index contributed by atoms with van der Waals surface area (Å²) >= 11 is 0. The highest BCUT2D eigenvalue weighted by Gasteiger charge is 2.51. The van der Waals surface area contributed by atoms with Crippen LogP contribution in [0.4, 0.5) is 0 Å². The molecule has 0 heterocycles. The lowest BCUT2D eigenvalue weighted by molar-refractivity contribution is -0.151. The summed E-state index contributed by atoms with van der Waals surface area (Å²) in [6.45, 7) is 6.08. The number of carboxylic acids is 1. The van der Waals surface area contributed by atoms with E-state index < -0.39 is 11.4 Å². The Labute approximate surface area is 96.3 Å². The Bertz CT molecular complexity index is 416. The molecule has 0 aromatic heterocycles. The quantitative estimate of drug-likeness (QED) is 0.828. The van der Waals surface area contributed by atoms with Gasteiger partial charge < -0.3 is 5.11 Å². The third-order valence-electron chi connectivity index (χ3n) is 3.93. The number of hydrogen-bond donors (Lipinski definition) is 1. The minimum atomic E-state index is -0.670. The van der Waals surface area contributed by atoms with Crippen LogP contribution in [-0.2, 0) is 10.2 Å². The lowest BCUT2D eigenvalue weighted by Crippen LogP contribution is -2.49. The third-order valence-corrected chi connectivity index (χ3v) is 3.93. The molecule has 2 rings (SSSR count). The van der Waals surface area contributed by atoms with Crippen molar-refractivity contribution in [3.05, 3.63) is 34.9 Å². The summed E-state index contributed by atoms with van der Waals surface area (Å²) in [7, 11) is 0. The first kappa shape index (κ1) is 11.2. The number of carbonyl (C=O) groups is 1. The summed E-state index contributed by atoms with van der Waals surface area (Å²) in [6.07, 6.45) is 1.78. The Kier molecular flexibility index (Phi) is 2.53. The minimum Gasteiger partial charge on any atom is -0.481 e. The van der Waals surface area contributed by atoms with Gasteiger partial charge in [0.25, 0.3) is 0 Å². The van der Waals surface area contributed by atoms with Gasteiger partial charge in [-0.25, -0.2) is 0 Å². The molecule has 0 spiro atoms. The normalized spacial score (nSPS) is 28.6. The molecule has 1 aliphatic carbocycles. The van der Waals surface area contributed by atoms with E-state index in [1.807, 2.05) is 32.9 Å². The van der Waals surface area contributed by atoms with Crippen LogP contribution in [0.3, 0.4) is 0 Å². The van der Waals surface area contributed by atoms with Crippen molar-refractivity contribution in [3.63, 3.8) is 0 Å². The van der Waals surface area contributed by atoms with Gasteiger partial charge in [0, 0.05) is 0 Å². The van der Waals surface area contributed by atoms with Crippen LogP contribution < -0.4 is 0 Å². The average Bonchev–Trinajstić information content (AvgIpc) is 2.14. The van der Waals surface area contributed by atoms with E-state index >= 15 is 0 Å². The van der Waals surface area contributed by atoms with Crippen LogP contribution in [0.15, 0.2) is 18.2 Å². The molecule has 1 aromatic carbocycles. The molecule has 0 saturated heterocycles. The molecule has 0 radical (unpaired) electrons. The van der Waals surface area contributed by atoms with Crippen molar-refractivity contribution < 1.29 is 9.90 Å². The van der Waals surface area contributed by atoms with Crippen LogP contribution in [0.2, 0.25) is 0 Å². The van der Waals surface area contributed by atoms with Crippen LogP contribution in [-0.4, -0.2) is 11.1 Å². The van der Waals surface area contributed by atoms with Crippen molar-refractivity contribution >= 4 is 5.97 Å². The molecule has 0 aliphatic heterocycles. The summed E-state index contributed by atoms with van der Waals surface area (Å²) in [5.74, 6) is -0.428. The maximum atomic E-state index is 11.5. The van der Waals surface area contributed by atoms with Gasteiger partial charge in [-0.15, -0.1) is 0 Å². The van der Waals surface area contributed by atoms with Crippen molar-refractivity contribution in [2.45, 2.75) is 39.0 Å². The lowest BCUT2D eigenvalue weighted by Gasteiger charge is -2.45. The molecule has 2 nitrogen and oxygen atoms in total. The Balaban J connectivity index is 2.52. The van der Waals surface area contributed by atoms with Gasteiger partial charge in [-0.3, -0.25) is 4.79 Å². The third kappa shape index (κ3) is 1.44. The number of aliphatic carboxylic acids is 1. The van der Waals surface area contributed by atoms with Gasteiger partial charge in [-0.2, -0.15) is 0 Å². The average molecular weight is 218 g/mol. The molecule has 2 unspecified atom stereocenters. The maximum Gasteiger partial charge on any atom is 0.314 e. The molecular formula is C14H18O2. The standard InChI is InChI=1S/C14H18O2/c1-9-6-10(2)8-12(7-9)14(13(15)16)5-4-11(14)3/h6-8,11H,4-5H2,1-3H3,(H,15,16). The van der Waals surface area contributed by atoms with Crippen molar-refractivity contribution in [1.29, 1.82) is 0 Å². The van der Waals surface area contributed by atoms with Crippen molar-refractivity contribution in [3.8, 4) is 0 Å². The van der Waals surface area contributed by atoms with Crippen LogP contribution in [0, 0.1) is 19.8 Å². The van der Waals surface area contributed by atoms with E-state index in [0.29, 0.717) is 0 Å². The van der Waals surface area contributed by atoms with E-state index in [0.717, 1.165) is 29.5 Å². The zero-order valence-corrected chi connectivity index (χ0v) is 10.1. The zero-order valence-electron chi connectivity index (χ0n) is 10.1. The van der Waals surface area contributed by atoms with Gasteiger partial charge >= 0.3 is 5.97 Å². The van der Waals surface area contributed by atoms with E-state index in [1.165, 1.54) is 0 Å². The van der Waals surface area contributed by atoms with E-state index in [9.17, 15) is 9.90 Å². The number of hydrogen-bond acceptors (Lipinski definition) is 1. The fourth-order valence-corrected chi connectivity index (χ4v) is 2.82. The molecule has 16 heavy (non-hydrogen) atoms. The molecular weight excluding hydrogens is 200 g/mol. The highest BCUT2D eigenvalue weighted by Crippen LogP contribution is 2.49. The Morgan fingerprint density at radius 1 is 1.31 bits per heavy atom. The second-order valence-electron chi connectivity index (χ2n) is 5.09. The van der Waals surface area contributed by atoms with E-state index in [2.05, 4.69) is 6.07 Å². The molecule has 0 amide bonds. The molecule has 1 aliphatic rings. The molecule has 2 heteroatoms. The first-order valence-electron chi connectivity index (χ1n) is 5.79. The predicted molar refractivity (Wildman–Crippen MR) is 63.6 cm³/mol. The van der Waals surface area contributed by atoms with Crippen molar-refractivity contribution in [2.24, 2.45) is 5.92 Å². The first-order chi connectivity index (χ1) is 7.46. The molecule has 2 atom stereocenters. The van der Waals surface area contributed by atoms with Crippen LogP contribution in [0.5, 0.6) is 0 Å². The fraction of sp³-hybridized carbons (Fsp3) is 0.500. The van der Waals surface area contributed by atoms with Gasteiger partial charge in [-0.1, -0.05) is 36.2 Å². The molecule has 1 N–H and O–H groups in total. The lowest BCUT2D eigenvalue weighted by atomic mass is 9.57. The van der Waals surface area contributed by atoms with Crippen LogP contribution in [0.25, 0.3) is 0 Å². The summed E-state index contributed by atoms with van der Waals surface area (Å²) in [6, 6.07) is 6.13. The van der Waals surface area contributed by atoms with Gasteiger partial charge in [0.2, 0.25) is 0 Å². The largest absolute Gasteiger partial charge is 0.481 e. The number of aryl methyl sites for hydroxylation is 2. The second kappa shape index (κ2) is 3.62. The zero-order chi connectivity index (χ0) is 11.9. The van der Waals surface area contributed by atoms with E-state index in [4.69, 9.17) is 0 Å². The first-order valence-corrected chi connectivity index (χ1v) is 5.79. The van der Waals surface area contributed by atoms with Gasteiger partial charge in [-0.05, 0) is 38.2 Å². The minimum absolute atomic E-state index is 0.242. The molecule has 1 fully saturated rings. The second-order valence-corrected chi connectivity index (χ2v) is 5.09. The summed E-state index contributed by atoms with van der Waals surface area (Å²) in [5, 5.41) is 9.49. The van der Waals surface area contributed by atoms with Crippen LogP contribution in [0.1, 0.15) is 36.5 Å². The fourth-order valence-electron chi connectivity index (χ4n) is 2.82. The molecule has 0 bridgehead atoms. The topological polar surface area (TPSA) is 37.3 Å². The Morgan fingerprint density at radius 3 is 2.19 bits per heavy atom. The smallest absolute Gasteiger partial charge is 0.314 e. The number of benzene rings is 1. The highest BCUT2D eigenvalue weighted by molar-refractivity contribution is 5.83. The van der Waals surface area contributed by atoms with E-state index in [-0.39, 0.29) is 5.92 Å². The van der Waals surface area contributed by atoms with E-state index in [1.54, 1.807) is 0 Å². The summed E-state index contributed by atoms with van der Waals surface area (Å²) < 4.78 is 0. The van der Waals surface area contributed by atoms with Gasteiger partial charge in [0.05, 0.1) is 5.41 Å². The molecule has 1 aromatic rings. The Hall–Kier alpha value is -1.31. The maximum absolute atomic E-state index is 11.5. The number of carboxylic acid groups (broad SMARTS) is 1. The van der Waals surface area contributed by atoms with Gasteiger partial charge in [0.1, 0.15) is 0 Å². The Morgan fingerprint density at radius 2 is 1.88 bits per heavy atom. The molecule has 1 saturated carbocycles. The van der Waals surface area contributed by atoms with Crippen LogP contribution >= 0.6 is 0 Å². The predicted octanol–water partition coefficient (Wildman–Crippen LogP) is 3.06.